The number of hydrogen-bond acceptors (Lipinski definition) is 6. The van der Waals surface area contributed by atoms with Crippen LogP contribution in [0.15, 0.2) is 24.5 Å². The van der Waals surface area contributed by atoms with Crippen LogP contribution in [0.4, 0.5) is 11.6 Å². The Balaban J connectivity index is 1.66. The third kappa shape index (κ3) is 3.51. The van der Waals surface area contributed by atoms with Crippen molar-refractivity contribution in [3.63, 3.8) is 0 Å². The van der Waals surface area contributed by atoms with E-state index in [-0.39, 0.29) is 0 Å². The molecule has 3 rings (SSSR count). The van der Waals surface area contributed by atoms with E-state index in [1.807, 2.05) is 19.1 Å². The number of aryl methyl sites for hydroxylation is 2. The highest BCUT2D eigenvalue weighted by atomic mass is 16.5. The molecule has 2 aromatic rings. The zero-order valence-corrected chi connectivity index (χ0v) is 13.0. The smallest absolute Gasteiger partial charge is 0.134 e. The molecular weight excluding hydrogens is 278 g/mol. The van der Waals surface area contributed by atoms with Crippen LogP contribution in [-0.2, 0) is 11.3 Å². The molecule has 2 aromatic heterocycles. The summed E-state index contributed by atoms with van der Waals surface area (Å²) < 4.78 is 5.37. The summed E-state index contributed by atoms with van der Waals surface area (Å²) in [5, 5.41) is 3.32. The van der Waals surface area contributed by atoms with Gasteiger partial charge in [0.25, 0.3) is 0 Å². The maximum atomic E-state index is 5.37. The molecule has 0 spiro atoms. The molecule has 0 saturated carbocycles. The van der Waals surface area contributed by atoms with Crippen molar-refractivity contribution in [2.75, 3.05) is 36.5 Å². The topological polar surface area (TPSA) is 63.2 Å². The first kappa shape index (κ1) is 14.7. The van der Waals surface area contributed by atoms with Crippen LogP contribution in [0.1, 0.15) is 17.0 Å². The lowest BCUT2D eigenvalue weighted by molar-refractivity contribution is 0.122. The monoisotopic (exact) mass is 299 g/mol. The van der Waals surface area contributed by atoms with E-state index < -0.39 is 0 Å². The lowest BCUT2D eigenvalue weighted by atomic mass is 10.2. The Morgan fingerprint density at radius 3 is 2.77 bits per heavy atom. The third-order valence-electron chi connectivity index (χ3n) is 3.85. The minimum absolute atomic E-state index is 0.653. The molecule has 116 valence electrons. The average Bonchev–Trinajstić information content (AvgIpc) is 2.57. The fourth-order valence-corrected chi connectivity index (χ4v) is 2.37. The van der Waals surface area contributed by atoms with E-state index in [0.717, 1.165) is 49.3 Å². The summed E-state index contributed by atoms with van der Waals surface area (Å²) in [5.41, 5.74) is 3.28. The van der Waals surface area contributed by atoms with Crippen LogP contribution >= 0.6 is 0 Å². The summed E-state index contributed by atoms with van der Waals surface area (Å²) in [6.45, 7) is 7.99. The van der Waals surface area contributed by atoms with E-state index >= 15 is 0 Å². The normalized spacial score (nSPS) is 14.9. The standard InChI is InChI=1S/C16H21N5O/c1-12-3-4-14(20-13(12)2)10-17-15-9-16(19-11-18-15)21-5-7-22-8-6-21/h3-4,9,11H,5-8,10H2,1-2H3,(H,17,18,19). The van der Waals surface area contributed by atoms with Gasteiger partial charge in [0.05, 0.1) is 25.5 Å². The molecule has 1 fully saturated rings. The lowest BCUT2D eigenvalue weighted by Crippen LogP contribution is -2.36. The van der Waals surface area contributed by atoms with Crippen LogP contribution in [-0.4, -0.2) is 41.3 Å². The van der Waals surface area contributed by atoms with Crippen molar-refractivity contribution in [3.8, 4) is 0 Å². The summed E-state index contributed by atoms with van der Waals surface area (Å²) >= 11 is 0. The molecule has 0 aromatic carbocycles. The highest BCUT2D eigenvalue weighted by Gasteiger charge is 2.12. The van der Waals surface area contributed by atoms with Crippen molar-refractivity contribution < 1.29 is 4.74 Å². The summed E-state index contributed by atoms with van der Waals surface area (Å²) in [6.07, 6.45) is 1.60. The number of nitrogens with one attached hydrogen (secondary N) is 1. The number of hydrogen-bond donors (Lipinski definition) is 1. The minimum atomic E-state index is 0.653. The molecular formula is C16H21N5O. The van der Waals surface area contributed by atoms with Gasteiger partial charge in [-0.2, -0.15) is 0 Å². The summed E-state index contributed by atoms with van der Waals surface area (Å²) in [7, 11) is 0. The van der Waals surface area contributed by atoms with Crippen molar-refractivity contribution in [3.05, 3.63) is 41.5 Å². The van der Waals surface area contributed by atoms with Crippen molar-refractivity contribution in [2.45, 2.75) is 20.4 Å². The van der Waals surface area contributed by atoms with Crippen molar-refractivity contribution in [2.24, 2.45) is 0 Å². The Labute approximate surface area is 130 Å². The Bertz CT molecular complexity index is 640. The molecule has 3 heterocycles. The summed E-state index contributed by atoms with van der Waals surface area (Å²) in [6, 6.07) is 6.12. The van der Waals surface area contributed by atoms with E-state index in [0.29, 0.717) is 6.54 Å². The summed E-state index contributed by atoms with van der Waals surface area (Å²) in [5.74, 6) is 1.75. The molecule has 22 heavy (non-hydrogen) atoms. The van der Waals surface area contributed by atoms with E-state index in [1.165, 1.54) is 5.56 Å². The van der Waals surface area contributed by atoms with Crippen molar-refractivity contribution >= 4 is 11.6 Å². The number of morpholine rings is 1. The lowest BCUT2D eigenvalue weighted by Gasteiger charge is -2.27. The second-order valence-electron chi connectivity index (χ2n) is 5.42. The molecule has 1 aliphatic rings. The third-order valence-corrected chi connectivity index (χ3v) is 3.85. The number of rotatable bonds is 4. The predicted molar refractivity (Wildman–Crippen MR) is 86.1 cm³/mol. The van der Waals surface area contributed by atoms with Gasteiger partial charge >= 0.3 is 0 Å². The molecule has 0 atom stereocenters. The van der Waals surface area contributed by atoms with Crippen LogP contribution in [0.2, 0.25) is 0 Å². The summed E-state index contributed by atoms with van der Waals surface area (Å²) in [4.78, 5) is 15.4. The Morgan fingerprint density at radius 2 is 2.00 bits per heavy atom. The van der Waals surface area contributed by atoms with Crippen LogP contribution in [0, 0.1) is 13.8 Å². The second-order valence-corrected chi connectivity index (χ2v) is 5.42. The number of anilines is 2. The first-order valence-electron chi connectivity index (χ1n) is 7.54. The molecule has 0 unspecified atom stereocenters. The number of aromatic nitrogens is 3. The quantitative estimate of drug-likeness (QED) is 0.931. The largest absolute Gasteiger partial charge is 0.378 e. The van der Waals surface area contributed by atoms with E-state index in [9.17, 15) is 0 Å². The van der Waals surface area contributed by atoms with Crippen LogP contribution in [0.5, 0.6) is 0 Å². The van der Waals surface area contributed by atoms with Gasteiger partial charge in [0.1, 0.15) is 18.0 Å². The van der Waals surface area contributed by atoms with E-state index in [2.05, 4.69) is 38.2 Å². The Morgan fingerprint density at radius 1 is 1.18 bits per heavy atom. The molecule has 1 N–H and O–H groups in total. The highest BCUT2D eigenvalue weighted by Crippen LogP contribution is 2.16. The zero-order valence-electron chi connectivity index (χ0n) is 13.0. The molecule has 0 aliphatic carbocycles. The Hall–Kier alpha value is -2.21. The van der Waals surface area contributed by atoms with Gasteiger partial charge in [0.15, 0.2) is 0 Å². The minimum Gasteiger partial charge on any atom is -0.378 e. The molecule has 1 saturated heterocycles. The SMILES string of the molecule is Cc1ccc(CNc2cc(N3CCOCC3)ncn2)nc1C. The van der Waals surface area contributed by atoms with Gasteiger partial charge in [-0.1, -0.05) is 6.07 Å². The van der Waals surface area contributed by atoms with Gasteiger partial charge in [-0.25, -0.2) is 9.97 Å². The first-order valence-corrected chi connectivity index (χ1v) is 7.54. The van der Waals surface area contributed by atoms with Crippen molar-refractivity contribution in [1.82, 2.24) is 15.0 Å². The van der Waals surface area contributed by atoms with Gasteiger partial charge in [0, 0.05) is 24.8 Å². The van der Waals surface area contributed by atoms with Gasteiger partial charge in [0.2, 0.25) is 0 Å². The van der Waals surface area contributed by atoms with Gasteiger partial charge in [-0.15, -0.1) is 0 Å². The van der Waals surface area contributed by atoms with E-state index in [1.54, 1.807) is 6.33 Å². The predicted octanol–water partition coefficient (Wildman–Crippen LogP) is 1.94. The van der Waals surface area contributed by atoms with Gasteiger partial charge in [-0.05, 0) is 25.5 Å². The van der Waals surface area contributed by atoms with Crippen LogP contribution < -0.4 is 10.2 Å². The fourth-order valence-electron chi connectivity index (χ4n) is 2.37. The van der Waals surface area contributed by atoms with Crippen LogP contribution in [0.25, 0.3) is 0 Å². The number of nitrogens with zero attached hydrogens (tertiary/aromatic N) is 4. The molecule has 6 heteroatoms. The molecule has 6 nitrogen and oxygen atoms in total. The maximum Gasteiger partial charge on any atom is 0.134 e. The number of ether oxygens (including phenoxy) is 1. The highest BCUT2D eigenvalue weighted by molar-refractivity contribution is 5.48. The first-order chi connectivity index (χ1) is 10.7. The van der Waals surface area contributed by atoms with Gasteiger partial charge in [-0.3, -0.25) is 4.98 Å². The number of pyridine rings is 1. The Kier molecular flexibility index (Phi) is 4.48. The zero-order chi connectivity index (χ0) is 15.4. The van der Waals surface area contributed by atoms with Crippen LogP contribution in [0.3, 0.4) is 0 Å². The second kappa shape index (κ2) is 6.70. The van der Waals surface area contributed by atoms with Gasteiger partial charge < -0.3 is 15.0 Å². The van der Waals surface area contributed by atoms with Crippen molar-refractivity contribution in [1.29, 1.82) is 0 Å². The van der Waals surface area contributed by atoms with E-state index in [4.69, 9.17) is 4.74 Å². The molecule has 0 bridgehead atoms. The fraction of sp³-hybridized carbons (Fsp3) is 0.438. The molecule has 0 radical (unpaired) electrons. The maximum absolute atomic E-state index is 5.37. The average molecular weight is 299 g/mol. The molecule has 1 aliphatic heterocycles. The molecule has 0 amide bonds.